The maximum absolute atomic E-state index is 12.2. The first-order chi connectivity index (χ1) is 8.90. The Morgan fingerprint density at radius 2 is 1.95 bits per heavy atom. The van der Waals surface area contributed by atoms with E-state index in [1.807, 2.05) is 0 Å². The first kappa shape index (κ1) is 19.5. The third-order valence-electron chi connectivity index (χ3n) is 3.71. The Balaban J connectivity index is 5.03. The Hall–Kier alpha value is -0.533. The molecule has 0 aliphatic carbocycles. The molecule has 20 heavy (non-hydrogen) atoms. The van der Waals surface area contributed by atoms with Crippen LogP contribution < -0.4 is 0 Å². The van der Waals surface area contributed by atoms with Gasteiger partial charge in [0.1, 0.15) is 6.10 Å². The molecule has 0 rings (SSSR count). The van der Waals surface area contributed by atoms with E-state index in [4.69, 9.17) is 4.43 Å². The predicted molar refractivity (Wildman–Crippen MR) is 82.3 cm³/mol. The molecule has 0 saturated heterocycles. The van der Waals surface area contributed by atoms with Gasteiger partial charge in [-0.05, 0) is 18.1 Å². The molecular weight excluding hydrogens is 274 g/mol. The SMILES string of the molecule is C=C[C@@H](O)C[C@H](O[Si](C)(C)C(C)(C)C)C(=O)CN(C)O. The van der Waals surface area contributed by atoms with Crippen LogP contribution in [0.2, 0.25) is 18.1 Å². The predicted octanol–water partition coefficient (Wildman–Crippen LogP) is 2.20. The minimum atomic E-state index is -2.13. The summed E-state index contributed by atoms with van der Waals surface area (Å²) in [5.41, 5.74) is 0. The van der Waals surface area contributed by atoms with E-state index in [-0.39, 0.29) is 23.8 Å². The average Bonchev–Trinajstić information content (AvgIpc) is 2.25. The highest BCUT2D eigenvalue weighted by atomic mass is 28.4. The lowest BCUT2D eigenvalue weighted by molar-refractivity contribution is -0.139. The van der Waals surface area contributed by atoms with Crippen molar-refractivity contribution in [1.82, 2.24) is 5.06 Å². The molecule has 5 nitrogen and oxygen atoms in total. The molecule has 0 aromatic rings. The van der Waals surface area contributed by atoms with Crippen molar-refractivity contribution in [2.75, 3.05) is 13.6 Å². The average molecular weight is 303 g/mol. The maximum atomic E-state index is 12.2. The van der Waals surface area contributed by atoms with Gasteiger partial charge < -0.3 is 14.7 Å². The standard InChI is InChI=1S/C14H29NO4Si/c1-8-11(16)9-13(12(17)10-15(5)18)19-20(6,7)14(2,3)4/h8,11,13,16,18H,1,9-10H2,2-7H3/t11-,13+/m1/s1. The summed E-state index contributed by atoms with van der Waals surface area (Å²) in [5, 5.41) is 19.7. The molecule has 0 aromatic heterocycles. The zero-order valence-corrected chi connectivity index (χ0v) is 14.5. The van der Waals surface area contributed by atoms with Gasteiger partial charge >= 0.3 is 0 Å². The summed E-state index contributed by atoms with van der Waals surface area (Å²) >= 11 is 0. The Bertz CT molecular complexity index is 337. The van der Waals surface area contributed by atoms with Crippen molar-refractivity contribution in [2.45, 2.75) is 57.5 Å². The number of Topliss-reactive ketones (excluding diaryl/α,β-unsaturated/α-hetero) is 1. The van der Waals surface area contributed by atoms with Crippen molar-refractivity contribution < 1.29 is 19.5 Å². The van der Waals surface area contributed by atoms with Crippen LogP contribution in [0.15, 0.2) is 12.7 Å². The number of hydrogen-bond donors (Lipinski definition) is 2. The molecule has 0 bridgehead atoms. The molecule has 0 radical (unpaired) electrons. The van der Waals surface area contributed by atoms with E-state index in [0.29, 0.717) is 0 Å². The molecule has 0 aliphatic heterocycles. The number of hydroxylamine groups is 2. The smallest absolute Gasteiger partial charge is 0.193 e. The Kier molecular flexibility index (Phi) is 7.27. The third-order valence-corrected chi connectivity index (χ3v) is 8.20. The zero-order valence-electron chi connectivity index (χ0n) is 13.5. The Morgan fingerprint density at radius 1 is 1.45 bits per heavy atom. The largest absolute Gasteiger partial charge is 0.407 e. The van der Waals surface area contributed by atoms with Gasteiger partial charge in [-0.25, -0.2) is 0 Å². The molecule has 0 aliphatic rings. The van der Waals surface area contributed by atoms with Crippen molar-refractivity contribution in [3.8, 4) is 0 Å². The molecule has 0 heterocycles. The van der Waals surface area contributed by atoms with Crippen LogP contribution in [0.1, 0.15) is 27.2 Å². The molecule has 0 amide bonds. The fourth-order valence-electron chi connectivity index (χ4n) is 1.42. The molecule has 118 valence electrons. The zero-order chi connectivity index (χ0) is 16.1. The lowest BCUT2D eigenvalue weighted by Gasteiger charge is -2.39. The summed E-state index contributed by atoms with van der Waals surface area (Å²) in [7, 11) is -0.720. The van der Waals surface area contributed by atoms with E-state index in [1.54, 1.807) is 0 Å². The molecule has 0 fully saturated rings. The molecule has 2 N–H and O–H groups in total. The van der Waals surface area contributed by atoms with Gasteiger partial charge in [0.15, 0.2) is 14.1 Å². The van der Waals surface area contributed by atoms with Crippen molar-refractivity contribution >= 4 is 14.1 Å². The number of rotatable bonds is 8. The normalized spacial score (nSPS) is 16.1. The van der Waals surface area contributed by atoms with E-state index in [2.05, 4.69) is 40.4 Å². The summed E-state index contributed by atoms with van der Waals surface area (Å²) in [6, 6.07) is 0. The second-order valence-electron chi connectivity index (χ2n) is 6.69. The van der Waals surface area contributed by atoms with Crippen LogP contribution in [0.25, 0.3) is 0 Å². The van der Waals surface area contributed by atoms with Crippen molar-refractivity contribution in [2.24, 2.45) is 0 Å². The number of nitrogens with zero attached hydrogens (tertiary/aromatic N) is 1. The van der Waals surface area contributed by atoms with Gasteiger partial charge in [0, 0.05) is 13.5 Å². The monoisotopic (exact) mass is 303 g/mol. The van der Waals surface area contributed by atoms with Crippen LogP contribution in [0.5, 0.6) is 0 Å². The van der Waals surface area contributed by atoms with Crippen LogP contribution in [-0.2, 0) is 9.22 Å². The summed E-state index contributed by atoms with van der Waals surface area (Å²) in [6.07, 6.45) is 0.0388. The number of aliphatic hydroxyl groups is 1. The summed E-state index contributed by atoms with van der Waals surface area (Å²) < 4.78 is 6.08. The summed E-state index contributed by atoms with van der Waals surface area (Å²) in [4.78, 5) is 12.2. The van der Waals surface area contributed by atoms with Crippen LogP contribution in [0.4, 0.5) is 0 Å². The highest BCUT2D eigenvalue weighted by molar-refractivity contribution is 6.74. The van der Waals surface area contributed by atoms with Gasteiger partial charge in [-0.2, -0.15) is 5.06 Å². The van der Waals surface area contributed by atoms with E-state index < -0.39 is 20.5 Å². The third kappa shape index (κ3) is 6.28. The fourth-order valence-corrected chi connectivity index (χ4v) is 2.71. The minimum Gasteiger partial charge on any atom is -0.407 e. The number of aliphatic hydroxyl groups excluding tert-OH is 1. The van der Waals surface area contributed by atoms with Crippen molar-refractivity contribution in [3.05, 3.63) is 12.7 Å². The van der Waals surface area contributed by atoms with Gasteiger partial charge in [-0.3, -0.25) is 4.79 Å². The molecule has 2 atom stereocenters. The van der Waals surface area contributed by atoms with Gasteiger partial charge in [-0.1, -0.05) is 26.8 Å². The van der Waals surface area contributed by atoms with Crippen LogP contribution in [0.3, 0.4) is 0 Å². The maximum Gasteiger partial charge on any atom is 0.193 e. The summed E-state index contributed by atoms with van der Waals surface area (Å²) in [6.45, 7) is 13.8. The lowest BCUT2D eigenvalue weighted by atomic mass is 10.1. The number of carbonyl (C=O) groups excluding carboxylic acids is 1. The second kappa shape index (κ2) is 7.47. The molecule has 6 heteroatoms. The van der Waals surface area contributed by atoms with E-state index >= 15 is 0 Å². The molecule has 0 aromatic carbocycles. The molecule has 0 spiro atoms. The van der Waals surface area contributed by atoms with Crippen molar-refractivity contribution in [1.29, 1.82) is 0 Å². The Morgan fingerprint density at radius 3 is 2.30 bits per heavy atom. The molecule has 0 unspecified atom stereocenters. The first-order valence-electron chi connectivity index (χ1n) is 6.82. The van der Waals surface area contributed by atoms with Gasteiger partial charge in [0.25, 0.3) is 0 Å². The quantitative estimate of drug-likeness (QED) is 0.409. The van der Waals surface area contributed by atoms with Crippen LogP contribution >= 0.6 is 0 Å². The Labute approximate surface area is 123 Å². The van der Waals surface area contributed by atoms with Crippen molar-refractivity contribution in [3.63, 3.8) is 0 Å². The first-order valence-corrected chi connectivity index (χ1v) is 9.72. The minimum absolute atomic E-state index is 0.0320. The van der Waals surface area contributed by atoms with Crippen LogP contribution in [0, 0.1) is 0 Å². The van der Waals surface area contributed by atoms with Gasteiger partial charge in [0.05, 0.1) is 12.6 Å². The van der Waals surface area contributed by atoms with E-state index in [1.165, 1.54) is 13.1 Å². The topological polar surface area (TPSA) is 70.0 Å². The number of carbonyl (C=O) groups is 1. The highest BCUT2D eigenvalue weighted by Crippen LogP contribution is 2.37. The number of ketones is 1. The number of likely N-dealkylation sites (N-methyl/N-ethyl adjacent to an activating group) is 1. The number of hydrogen-bond acceptors (Lipinski definition) is 5. The van der Waals surface area contributed by atoms with Crippen LogP contribution in [-0.4, -0.2) is 55.3 Å². The lowest BCUT2D eigenvalue weighted by Crippen LogP contribution is -2.48. The second-order valence-corrected chi connectivity index (χ2v) is 11.4. The summed E-state index contributed by atoms with van der Waals surface area (Å²) in [5.74, 6) is -0.235. The van der Waals surface area contributed by atoms with E-state index in [9.17, 15) is 15.1 Å². The fraction of sp³-hybridized carbons (Fsp3) is 0.786. The van der Waals surface area contributed by atoms with E-state index in [0.717, 1.165) is 5.06 Å². The highest BCUT2D eigenvalue weighted by Gasteiger charge is 2.40. The van der Waals surface area contributed by atoms with Gasteiger partial charge in [0.2, 0.25) is 0 Å². The molecule has 0 saturated carbocycles. The van der Waals surface area contributed by atoms with Gasteiger partial charge in [-0.15, -0.1) is 6.58 Å². The molecular formula is C14H29NO4Si.